The van der Waals surface area contributed by atoms with Crippen LogP contribution in [0.5, 0.6) is 5.75 Å². The van der Waals surface area contributed by atoms with E-state index >= 15 is 0 Å². The Morgan fingerprint density at radius 1 is 0.970 bits per heavy atom. The Balaban J connectivity index is 1.35. The van der Waals surface area contributed by atoms with Crippen LogP contribution < -0.4 is 4.74 Å². The van der Waals surface area contributed by atoms with Crippen LogP contribution in [0.25, 0.3) is 0 Å². The summed E-state index contributed by atoms with van der Waals surface area (Å²) in [5.41, 5.74) is -1.35. The highest BCUT2D eigenvalue weighted by atomic mass is 19.4. The van der Waals surface area contributed by atoms with E-state index in [-0.39, 0.29) is 17.6 Å². The van der Waals surface area contributed by atoms with Gasteiger partial charge in [-0.2, -0.15) is 13.2 Å². The van der Waals surface area contributed by atoms with E-state index in [0.29, 0.717) is 18.1 Å². The number of hydrogen-bond acceptors (Lipinski definition) is 2. The van der Waals surface area contributed by atoms with Crippen molar-refractivity contribution in [1.82, 2.24) is 0 Å². The largest absolute Gasteiger partial charge is 0.426 e. The van der Waals surface area contributed by atoms with Crippen molar-refractivity contribution in [2.75, 3.05) is 0 Å². The lowest BCUT2D eigenvalue weighted by atomic mass is 9.59. The zero-order valence-electron chi connectivity index (χ0n) is 19.3. The number of esters is 1. The summed E-state index contributed by atoms with van der Waals surface area (Å²) in [7, 11) is 0. The molecule has 2 nitrogen and oxygen atoms in total. The number of allylic oxidation sites excluding steroid dienone is 2. The Labute approximate surface area is 193 Å². The molecule has 0 saturated heterocycles. The van der Waals surface area contributed by atoms with Crippen molar-refractivity contribution >= 4 is 5.97 Å². The van der Waals surface area contributed by atoms with E-state index in [1.54, 1.807) is 0 Å². The van der Waals surface area contributed by atoms with Gasteiger partial charge in [-0.15, -0.1) is 0 Å². The van der Waals surface area contributed by atoms with Crippen molar-refractivity contribution in [2.24, 2.45) is 35.5 Å². The molecule has 4 unspecified atom stereocenters. The van der Waals surface area contributed by atoms with Gasteiger partial charge in [0, 0.05) is 6.07 Å². The molecule has 0 aromatic heterocycles. The minimum atomic E-state index is -4.77. The topological polar surface area (TPSA) is 26.3 Å². The predicted octanol–water partition coefficient (Wildman–Crippen LogP) is 7.97. The number of ether oxygens (including phenoxy) is 1. The highest BCUT2D eigenvalue weighted by molar-refractivity contribution is 5.75. The SMILES string of the molecule is C/C=C/C1CCC(C2CCC3C(CCCC3C(=O)Oc3ccc(C(F)(F)F)c(F)c3)C2)CC1. The number of carbonyl (C=O) groups is 1. The summed E-state index contributed by atoms with van der Waals surface area (Å²) in [4.78, 5) is 12.9. The normalized spacial score (nSPS) is 33.0. The number of carbonyl (C=O) groups excluding carboxylic acids is 1. The number of halogens is 4. The molecular weight excluding hydrogens is 432 g/mol. The Hall–Kier alpha value is -1.85. The van der Waals surface area contributed by atoms with Crippen LogP contribution in [-0.2, 0) is 11.0 Å². The van der Waals surface area contributed by atoms with E-state index in [2.05, 4.69) is 19.1 Å². The lowest BCUT2D eigenvalue weighted by Gasteiger charge is -2.45. The molecule has 0 heterocycles. The van der Waals surface area contributed by atoms with Crippen LogP contribution in [0.1, 0.15) is 76.7 Å². The molecule has 0 radical (unpaired) electrons. The Kier molecular flexibility index (Phi) is 7.49. The van der Waals surface area contributed by atoms with Gasteiger partial charge in [0.1, 0.15) is 11.6 Å². The second-order valence-electron chi connectivity index (χ2n) is 10.3. The zero-order chi connectivity index (χ0) is 23.6. The van der Waals surface area contributed by atoms with Crippen LogP contribution in [-0.4, -0.2) is 5.97 Å². The maximum atomic E-state index is 13.9. The van der Waals surface area contributed by atoms with Gasteiger partial charge in [0.15, 0.2) is 0 Å². The van der Waals surface area contributed by atoms with Crippen LogP contribution >= 0.6 is 0 Å². The Morgan fingerprint density at radius 3 is 2.36 bits per heavy atom. The van der Waals surface area contributed by atoms with Crippen molar-refractivity contribution in [3.63, 3.8) is 0 Å². The molecule has 3 aliphatic carbocycles. The van der Waals surface area contributed by atoms with Crippen molar-refractivity contribution < 1.29 is 27.1 Å². The maximum absolute atomic E-state index is 13.9. The quantitative estimate of drug-likeness (QED) is 0.195. The molecule has 0 N–H and O–H groups in total. The summed E-state index contributed by atoms with van der Waals surface area (Å²) < 4.78 is 57.6. The zero-order valence-corrected chi connectivity index (χ0v) is 19.3. The molecule has 3 fully saturated rings. The minimum absolute atomic E-state index is 0.154. The maximum Gasteiger partial charge on any atom is 0.419 e. The molecule has 0 bridgehead atoms. The first kappa shape index (κ1) is 24.3. The van der Waals surface area contributed by atoms with Crippen LogP contribution in [0, 0.1) is 41.3 Å². The molecule has 4 atom stereocenters. The third-order valence-electron chi connectivity index (χ3n) is 8.40. The van der Waals surface area contributed by atoms with Crippen LogP contribution in [0.2, 0.25) is 0 Å². The summed E-state index contributed by atoms with van der Waals surface area (Å²) in [6, 6.07) is 2.34. The molecule has 1 aromatic rings. The molecular formula is C27H34F4O2. The summed E-state index contributed by atoms with van der Waals surface area (Å²) in [5, 5.41) is 0. The molecule has 0 spiro atoms. The highest BCUT2D eigenvalue weighted by Gasteiger charge is 2.43. The van der Waals surface area contributed by atoms with Gasteiger partial charge < -0.3 is 4.74 Å². The summed E-state index contributed by atoms with van der Waals surface area (Å²) in [6.07, 6.45) is 11.0. The fraction of sp³-hybridized carbons (Fsp3) is 0.667. The van der Waals surface area contributed by atoms with E-state index in [9.17, 15) is 22.4 Å². The van der Waals surface area contributed by atoms with Gasteiger partial charge in [0.2, 0.25) is 0 Å². The van der Waals surface area contributed by atoms with E-state index in [0.717, 1.165) is 55.9 Å². The van der Waals surface area contributed by atoms with Gasteiger partial charge in [-0.1, -0.05) is 25.0 Å². The third-order valence-corrected chi connectivity index (χ3v) is 8.40. The van der Waals surface area contributed by atoms with E-state index in [1.807, 2.05) is 0 Å². The van der Waals surface area contributed by atoms with E-state index in [4.69, 9.17) is 4.74 Å². The van der Waals surface area contributed by atoms with Crippen LogP contribution in [0.15, 0.2) is 30.4 Å². The van der Waals surface area contributed by atoms with Gasteiger partial charge >= 0.3 is 12.1 Å². The van der Waals surface area contributed by atoms with Crippen molar-refractivity contribution in [2.45, 2.75) is 77.3 Å². The van der Waals surface area contributed by atoms with Gasteiger partial charge in [0.05, 0.1) is 11.5 Å². The lowest BCUT2D eigenvalue weighted by Crippen LogP contribution is -2.40. The van der Waals surface area contributed by atoms with Crippen molar-refractivity contribution in [3.8, 4) is 5.75 Å². The molecule has 0 amide bonds. The standard InChI is InChI=1S/C27H34F4O2/c1-2-4-17-7-9-18(10-8-17)19-11-13-22-20(15-19)5-3-6-23(22)26(32)33-21-12-14-24(25(28)16-21)27(29,30)31/h2,4,12,14,16-20,22-23H,3,5-11,13,15H2,1H3/b4-2+. The summed E-state index contributed by atoms with van der Waals surface area (Å²) in [6.45, 7) is 2.09. The Morgan fingerprint density at radius 2 is 1.70 bits per heavy atom. The lowest BCUT2D eigenvalue weighted by molar-refractivity contribution is -0.144. The molecule has 4 rings (SSSR count). The average molecular weight is 467 g/mol. The molecule has 33 heavy (non-hydrogen) atoms. The minimum Gasteiger partial charge on any atom is -0.426 e. The second kappa shape index (κ2) is 10.2. The van der Waals surface area contributed by atoms with Crippen molar-refractivity contribution in [3.05, 3.63) is 41.7 Å². The number of fused-ring (bicyclic) bond motifs is 1. The first-order valence-corrected chi connectivity index (χ1v) is 12.5. The first-order valence-electron chi connectivity index (χ1n) is 12.5. The fourth-order valence-corrected chi connectivity index (χ4v) is 6.78. The summed E-state index contributed by atoms with van der Waals surface area (Å²) in [5.74, 6) is 0.777. The monoisotopic (exact) mass is 466 g/mol. The van der Waals surface area contributed by atoms with Gasteiger partial charge in [0.25, 0.3) is 0 Å². The highest BCUT2D eigenvalue weighted by Crippen LogP contribution is 2.50. The first-order chi connectivity index (χ1) is 15.8. The van der Waals surface area contributed by atoms with Gasteiger partial charge in [-0.25, -0.2) is 4.39 Å². The third kappa shape index (κ3) is 5.63. The molecule has 3 saturated carbocycles. The molecule has 3 aliphatic rings. The smallest absolute Gasteiger partial charge is 0.419 e. The molecule has 182 valence electrons. The van der Waals surface area contributed by atoms with Gasteiger partial charge in [-0.05, 0) is 100 Å². The second-order valence-corrected chi connectivity index (χ2v) is 10.3. The van der Waals surface area contributed by atoms with Crippen LogP contribution in [0.4, 0.5) is 17.6 Å². The number of alkyl halides is 3. The van der Waals surface area contributed by atoms with Gasteiger partial charge in [-0.3, -0.25) is 4.79 Å². The van der Waals surface area contributed by atoms with Crippen molar-refractivity contribution in [1.29, 1.82) is 0 Å². The predicted molar refractivity (Wildman–Crippen MR) is 119 cm³/mol. The molecule has 1 aromatic carbocycles. The van der Waals surface area contributed by atoms with E-state index in [1.165, 1.54) is 32.1 Å². The average Bonchev–Trinajstić information content (AvgIpc) is 2.78. The Bertz CT molecular complexity index is 854. The summed E-state index contributed by atoms with van der Waals surface area (Å²) >= 11 is 0. The molecule has 0 aliphatic heterocycles. The number of benzene rings is 1. The number of hydrogen-bond donors (Lipinski definition) is 0. The fourth-order valence-electron chi connectivity index (χ4n) is 6.78. The number of rotatable bonds is 4. The molecule has 6 heteroatoms. The van der Waals surface area contributed by atoms with Crippen LogP contribution in [0.3, 0.4) is 0 Å². The van der Waals surface area contributed by atoms with E-state index < -0.39 is 23.5 Å².